The van der Waals surface area contributed by atoms with Crippen LogP contribution in [-0.2, 0) is 4.79 Å². The Bertz CT molecular complexity index is 511. The van der Waals surface area contributed by atoms with E-state index in [0.29, 0.717) is 18.2 Å². The van der Waals surface area contributed by atoms with Gasteiger partial charge in [-0.2, -0.15) is 0 Å². The van der Waals surface area contributed by atoms with Gasteiger partial charge in [-0.1, -0.05) is 6.42 Å². The second kappa shape index (κ2) is 6.47. The van der Waals surface area contributed by atoms with Gasteiger partial charge in [0.2, 0.25) is 0 Å². The van der Waals surface area contributed by atoms with Crippen LogP contribution in [0.2, 0.25) is 0 Å². The molecule has 6 nitrogen and oxygen atoms in total. The Hall–Kier alpha value is -2.24. The predicted octanol–water partition coefficient (Wildman–Crippen LogP) is 2.14. The minimum atomic E-state index is -1.08. The van der Waals surface area contributed by atoms with E-state index in [4.69, 9.17) is 5.11 Å². The average Bonchev–Trinajstić information content (AvgIpc) is 2.40. The van der Waals surface area contributed by atoms with E-state index in [1.54, 1.807) is 11.9 Å². The maximum absolute atomic E-state index is 12.5. The lowest BCUT2D eigenvalue weighted by Gasteiger charge is -2.33. The summed E-state index contributed by atoms with van der Waals surface area (Å²) >= 11 is 0. The van der Waals surface area contributed by atoms with E-state index in [0.717, 1.165) is 12.8 Å². The number of carbonyl (C=O) groups is 2. The Morgan fingerprint density at radius 1 is 1.24 bits per heavy atom. The largest absolute Gasteiger partial charge is 0.508 e. The number of amides is 2. The van der Waals surface area contributed by atoms with Crippen LogP contribution in [0.25, 0.3) is 0 Å². The number of rotatable bonds is 5. The number of phenols is 1. The fourth-order valence-corrected chi connectivity index (χ4v) is 2.38. The number of urea groups is 1. The quantitative estimate of drug-likeness (QED) is 0.871. The van der Waals surface area contributed by atoms with E-state index in [2.05, 4.69) is 0 Å². The fraction of sp³-hybridized carbons (Fsp3) is 0.467. The van der Waals surface area contributed by atoms with Crippen LogP contribution in [0.3, 0.4) is 0 Å². The zero-order valence-electron chi connectivity index (χ0n) is 12.0. The smallest absolute Gasteiger partial charge is 0.324 e. The molecule has 0 atom stereocenters. The fourth-order valence-electron chi connectivity index (χ4n) is 2.38. The van der Waals surface area contributed by atoms with Crippen molar-refractivity contribution in [1.29, 1.82) is 0 Å². The number of anilines is 1. The molecule has 6 heteroatoms. The SMILES string of the molecule is CN(CC1CCC1)C(=O)N(CC(=O)O)c1ccc(O)cc1. The first kappa shape index (κ1) is 15.2. The molecule has 0 unspecified atom stereocenters. The van der Waals surface area contributed by atoms with E-state index in [-0.39, 0.29) is 11.8 Å². The van der Waals surface area contributed by atoms with Crippen LogP contribution in [0.1, 0.15) is 19.3 Å². The van der Waals surface area contributed by atoms with Crippen LogP contribution in [0, 0.1) is 5.92 Å². The molecule has 0 aliphatic heterocycles. The van der Waals surface area contributed by atoms with Crippen molar-refractivity contribution < 1.29 is 19.8 Å². The molecule has 0 heterocycles. The van der Waals surface area contributed by atoms with Gasteiger partial charge in [0.15, 0.2) is 0 Å². The number of phenolic OH excluding ortho intramolecular Hbond substituents is 1. The van der Waals surface area contributed by atoms with Crippen molar-refractivity contribution in [3.05, 3.63) is 24.3 Å². The van der Waals surface area contributed by atoms with E-state index in [1.807, 2.05) is 0 Å². The second-order valence-corrected chi connectivity index (χ2v) is 5.46. The van der Waals surface area contributed by atoms with Crippen LogP contribution in [-0.4, -0.2) is 47.3 Å². The van der Waals surface area contributed by atoms with E-state index in [9.17, 15) is 14.7 Å². The van der Waals surface area contributed by atoms with Gasteiger partial charge in [-0.25, -0.2) is 4.79 Å². The lowest BCUT2D eigenvalue weighted by atomic mass is 9.85. The molecule has 1 aromatic rings. The minimum absolute atomic E-state index is 0.0734. The Balaban J connectivity index is 2.11. The van der Waals surface area contributed by atoms with Crippen molar-refractivity contribution in [2.45, 2.75) is 19.3 Å². The molecular formula is C15H20N2O4. The van der Waals surface area contributed by atoms with Crippen LogP contribution < -0.4 is 4.90 Å². The van der Waals surface area contributed by atoms with Crippen LogP contribution in [0.4, 0.5) is 10.5 Å². The Morgan fingerprint density at radius 3 is 2.33 bits per heavy atom. The molecular weight excluding hydrogens is 272 g/mol. The second-order valence-electron chi connectivity index (χ2n) is 5.46. The zero-order valence-corrected chi connectivity index (χ0v) is 12.0. The molecule has 1 aliphatic carbocycles. The molecule has 1 aromatic carbocycles. The van der Waals surface area contributed by atoms with Crippen molar-refractivity contribution in [2.75, 3.05) is 25.0 Å². The topological polar surface area (TPSA) is 81.1 Å². The standard InChI is InChI=1S/C15H20N2O4/c1-16(9-11-3-2-4-11)15(21)17(10-14(19)20)12-5-7-13(18)8-6-12/h5-8,11,18H,2-4,9-10H2,1H3,(H,19,20). The van der Waals surface area contributed by atoms with Gasteiger partial charge in [0, 0.05) is 19.3 Å². The van der Waals surface area contributed by atoms with Crippen molar-refractivity contribution in [3.8, 4) is 5.75 Å². The lowest BCUT2D eigenvalue weighted by molar-refractivity contribution is -0.135. The first-order valence-corrected chi connectivity index (χ1v) is 7.01. The Kier molecular flexibility index (Phi) is 4.67. The summed E-state index contributed by atoms with van der Waals surface area (Å²) in [6.45, 7) is 0.242. The number of aliphatic carboxylic acids is 1. The van der Waals surface area contributed by atoms with E-state index in [1.165, 1.54) is 35.6 Å². The molecule has 0 spiro atoms. The van der Waals surface area contributed by atoms with Crippen LogP contribution >= 0.6 is 0 Å². The molecule has 2 amide bonds. The molecule has 21 heavy (non-hydrogen) atoms. The maximum Gasteiger partial charge on any atom is 0.324 e. The zero-order chi connectivity index (χ0) is 15.4. The summed E-state index contributed by atoms with van der Waals surface area (Å²) in [6.07, 6.45) is 3.44. The normalized spacial score (nSPS) is 14.3. The lowest BCUT2D eigenvalue weighted by Crippen LogP contribution is -2.46. The predicted molar refractivity (Wildman–Crippen MR) is 78.5 cm³/mol. The molecule has 0 aromatic heterocycles. The molecule has 2 rings (SSSR count). The Morgan fingerprint density at radius 2 is 1.86 bits per heavy atom. The van der Waals surface area contributed by atoms with Crippen LogP contribution in [0.5, 0.6) is 5.75 Å². The molecule has 1 aliphatic rings. The van der Waals surface area contributed by atoms with Crippen LogP contribution in [0.15, 0.2) is 24.3 Å². The highest BCUT2D eigenvalue weighted by atomic mass is 16.4. The highest BCUT2D eigenvalue weighted by Crippen LogP contribution is 2.27. The number of aromatic hydroxyl groups is 1. The monoisotopic (exact) mass is 292 g/mol. The molecule has 1 saturated carbocycles. The van der Waals surface area contributed by atoms with Gasteiger partial charge in [-0.15, -0.1) is 0 Å². The van der Waals surface area contributed by atoms with Gasteiger partial charge in [0.25, 0.3) is 0 Å². The summed E-state index contributed by atoms with van der Waals surface area (Å²) in [5.74, 6) is -0.483. The third-order valence-electron chi connectivity index (χ3n) is 3.77. The number of carbonyl (C=O) groups excluding carboxylic acids is 1. The summed E-state index contributed by atoms with van der Waals surface area (Å²) in [5.41, 5.74) is 0.459. The number of hydrogen-bond acceptors (Lipinski definition) is 3. The van der Waals surface area contributed by atoms with E-state index < -0.39 is 12.5 Å². The maximum atomic E-state index is 12.5. The summed E-state index contributed by atoms with van der Waals surface area (Å²) in [7, 11) is 1.69. The van der Waals surface area contributed by atoms with Gasteiger partial charge >= 0.3 is 12.0 Å². The first-order chi connectivity index (χ1) is 9.97. The molecule has 1 fully saturated rings. The van der Waals surface area contributed by atoms with Crippen molar-refractivity contribution in [2.24, 2.45) is 5.92 Å². The van der Waals surface area contributed by atoms with Gasteiger partial charge < -0.3 is 15.1 Å². The van der Waals surface area contributed by atoms with Crippen molar-refractivity contribution in [1.82, 2.24) is 4.90 Å². The number of benzene rings is 1. The van der Waals surface area contributed by atoms with Crippen molar-refractivity contribution >= 4 is 17.7 Å². The van der Waals surface area contributed by atoms with Gasteiger partial charge in [0.1, 0.15) is 12.3 Å². The number of nitrogens with zero attached hydrogens (tertiary/aromatic N) is 2. The number of hydrogen-bond donors (Lipinski definition) is 2. The summed E-state index contributed by atoms with van der Waals surface area (Å²) in [5, 5.41) is 18.3. The molecule has 114 valence electrons. The number of carboxylic acids is 1. The third kappa shape index (κ3) is 3.87. The van der Waals surface area contributed by atoms with Crippen molar-refractivity contribution in [3.63, 3.8) is 0 Å². The van der Waals surface area contributed by atoms with Gasteiger partial charge in [0.05, 0.1) is 0 Å². The average molecular weight is 292 g/mol. The molecule has 2 N–H and O–H groups in total. The van der Waals surface area contributed by atoms with Gasteiger partial charge in [-0.05, 0) is 43.0 Å². The third-order valence-corrected chi connectivity index (χ3v) is 3.77. The molecule has 0 saturated heterocycles. The minimum Gasteiger partial charge on any atom is -0.508 e. The summed E-state index contributed by atoms with van der Waals surface area (Å²) < 4.78 is 0. The highest BCUT2D eigenvalue weighted by molar-refractivity contribution is 5.96. The summed E-state index contributed by atoms with van der Waals surface area (Å²) in [4.78, 5) is 26.2. The molecule has 0 radical (unpaired) electrons. The first-order valence-electron chi connectivity index (χ1n) is 7.01. The summed E-state index contributed by atoms with van der Waals surface area (Å²) in [6, 6.07) is 5.60. The van der Waals surface area contributed by atoms with E-state index >= 15 is 0 Å². The molecule has 0 bridgehead atoms. The highest BCUT2D eigenvalue weighted by Gasteiger charge is 2.26. The number of carboxylic acid groups (broad SMARTS) is 1. The van der Waals surface area contributed by atoms with Gasteiger partial charge in [-0.3, -0.25) is 9.69 Å². The Labute approximate surface area is 123 Å².